The number of carboxylic acids is 1. The van der Waals surface area contributed by atoms with Crippen molar-refractivity contribution in [1.82, 2.24) is 14.7 Å². The van der Waals surface area contributed by atoms with E-state index in [9.17, 15) is 9.59 Å². The summed E-state index contributed by atoms with van der Waals surface area (Å²) >= 11 is 5.84. The quantitative estimate of drug-likeness (QED) is 0.879. The van der Waals surface area contributed by atoms with E-state index in [0.717, 1.165) is 11.3 Å². The number of carbonyl (C=O) groups is 2. The van der Waals surface area contributed by atoms with Crippen molar-refractivity contribution >= 4 is 23.5 Å². The zero-order valence-corrected chi connectivity index (χ0v) is 13.7. The van der Waals surface area contributed by atoms with Crippen LogP contribution in [0.15, 0.2) is 30.3 Å². The highest BCUT2D eigenvalue weighted by Gasteiger charge is 2.22. The molecule has 0 fully saturated rings. The number of carboxylic acid groups (broad SMARTS) is 1. The summed E-state index contributed by atoms with van der Waals surface area (Å²) in [5, 5.41) is 13.9. The normalized spacial score (nSPS) is 10.6. The molecule has 0 atom stereocenters. The first kappa shape index (κ1) is 17.0. The van der Waals surface area contributed by atoms with E-state index in [1.165, 1.54) is 9.58 Å². The van der Waals surface area contributed by atoms with Gasteiger partial charge in [0.2, 0.25) is 0 Å². The van der Waals surface area contributed by atoms with Crippen molar-refractivity contribution in [2.45, 2.75) is 19.9 Å². The number of carbonyl (C=O) groups excluding carboxylic acids is 1. The van der Waals surface area contributed by atoms with Gasteiger partial charge in [-0.25, -0.2) is 0 Å². The molecular formula is C16H18ClN3O3. The second-order valence-electron chi connectivity index (χ2n) is 5.18. The zero-order valence-electron chi connectivity index (χ0n) is 13.0. The van der Waals surface area contributed by atoms with Crippen LogP contribution in [0.1, 0.15) is 28.7 Å². The van der Waals surface area contributed by atoms with Gasteiger partial charge in [-0.3, -0.25) is 14.3 Å². The van der Waals surface area contributed by atoms with Crippen molar-refractivity contribution in [2.75, 3.05) is 6.54 Å². The van der Waals surface area contributed by atoms with Gasteiger partial charge in [0.15, 0.2) is 0 Å². The Morgan fingerprint density at radius 2 is 1.96 bits per heavy atom. The molecule has 0 spiro atoms. The Labute approximate surface area is 139 Å². The van der Waals surface area contributed by atoms with Crippen LogP contribution < -0.4 is 0 Å². The minimum atomic E-state index is -1.06. The average molecular weight is 336 g/mol. The van der Waals surface area contributed by atoms with Crippen molar-refractivity contribution in [3.63, 3.8) is 0 Å². The predicted molar refractivity (Wildman–Crippen MR) is 86.4 cm³/mol. The number of benzene rings is 1. The van der Waals surface area contributed by atoms with Crippen LogP contribution in [0.3, 0.4) is 0 Å². The topological polar surface area (TPSA) is 75.4 Å². The van der Waals surface area contributed by atoms with Crippen LogP contribution in [-0.4, -0.2) is 38.2 Å². The van der Waals surface area contributed by atoms with Crippen LogP contribution >= 0.6 is 11.6 Å². The number of hydrogen-bond donors (Lipinski definition) is 1. The summed E-state index contributed by atoms with van der Waals surface area (Å²) in [6.07, 6.45) is 0.706. The first-order valence-electron chi connectivity index (χ1n) is 7.19. The summed E-state index contributed by atoms with van der Waals surface area (Å²) in [7, 11) is 1.67. The van der Waals surface area contributed by atoms with Gasteiger partial charge in [-0.2, -0.15) is 5.10 Å². The van der Waals surface area contributed by atoms with E-state index in [1.807, 2.05) is 6.92 Å². The zero-order chi connectivity index (χ0) is 17.0. The molecule has 0 aliphatic rings. The lowest BCUT2D eigenvalue weighted by Crippen LogP contribution is -2.36. The second-order valence-corrected chi connectivity index (χ2v) is 5.62. The van der Waals surface area contributed by atoms with E-state index < -0.39 is 5.97 Å². The van der Waals surface area contributed by atoms with Gasteiger partial charge >= 0.3 is 5.97 Å². The number of hydrogen-bond acceptors (Lipinski definition) is 3. The largest absolute Gasteiger partial charge is 0.480 e. The number of amides is 1. The molecule has 1 N–H and O–H groups in total. The molecule has 1 amide bonds. The van der Waals surface area contributed by atoms with Crippen LogP contribution in [0, 0.1) is 0 Å². The fourth-order valence-electron chi connectivity index (χ4n) is 2.23. The summed E-state index contributed by atoms with van der Waals surface area (Å²) in [6, 6.07) is 8.65. The van der Waals surface area contributed by atoms with Gasteiger partial charge in [-0.15, -0.1) is 0 Å². The molecule has 0 unspecified atom stereocenters. The molecule has 6 nitrogen and oxygen atoms in total. The molecule has 2 aromatic rings. The molecule has 1 heterocycles. The fraction of sp³-hybridized carbons (Fsp3) is 0.312. The minimum absolute atomic E-state index is 0.189. The molecule has 0 aliphatic heterocycles. The lowest BCUT2D eigenvalue weighted by atomic mass is 10.2. The van der Waals surface area contributed by atoms with E-state index >= 15 is 0 Å². The van der Waals surface area contributed by atoms with Gasteiger partial charge in [0.1, 0.15) is 12.2 Å². The Morgan fingerprint density at radius 3 is 2.48 bits per heavy atom. The van der Waals surface area contributed by atoms with Crippen LogP contribution in [0.4, 0.5) is 0 Å². The number of halogens is 1. The first-order valence-corrected chi connectivity index (χ1v) is 7.57. The number of rotatable bonds is 6. The summed E-state index contributed by atoms with van der Waals surface area (Å²) < 4.78 is 1.48. The first-order chi connectivity index (χ1) is 10.9. The van der Waals surface area contributed by atoms with E-state index in [2.05, 4.69) is 5.10 Å². The number of nitrogens with zero attached hydrogens (tertiary/aromatic N) is 3. The molecule has 1 aromatic carbocycles. The number of aliphatic carboxylic acids is 1. The van der Waals surface area contributed by atoms with Crippen LogP contribution in [-0.2, 0) is 24.8 Å². The standard InChI is InChI=1S/C16H18ClN3O3/c1-3-13-8-14(19(2)18-13)16(23)20(10-15(21)22)9-11-4-6-12(17)7-5-11/h4-8H,3,9-10H2,1-2H3,(H,21,22). The van der Waals surface area contributed by atoms with Crippen LogP contribution in [0.5, 0.6) is 0 Å². The van der Waals surface area contributed by atoms with Crippen molar-refractivity contribution in [3.8, 4) is 0 Å². The van der Waals surface area contributed by atoms with Gasteiger partial charge in [0, 0.05) is 18.6 Å². The Balaban J connectivity index is 2.26. The van der Waals surface area contributed by atoms with E-state index in [4.69, 9.17) is 16.7 Å². The lowest BCUT2D eigenvalue weighted by Gasteiger charge is -2.20. The monoisotopic (exact) mass is 335 g/mol. The van der Waals surface area contributed by atoms with Gasteiger partial charge in [0.25, 0.3) is 5.91 Å². The highest BCUT2D eigenvalue weighted by Crippen LogP contribution is 2.14. The van der Waals surface area contributed by atoms with Crippen molar-refractivity contribution in [1.29, 1.82) is 0 Å². The SMILES string of the molecule is CCc1cc(C(=O)N(CC(=O)O)Cc2ccc(Cl)cc2)n(C)n1. The third-order valence-corrected chi connectivity index (χ3v) is 3.66. The molecule has 7 heteroatoms. The Morgan fingerprint density at radius 1 is 1.30 bits per heavy atom. The summed E-state index contributed by atoms with van der Waals surface area (Å²) in [6.45, 7) is 1.75. The maximum atomic E-state index is 12.7. The molecule has 23 heavy (non-hydrogen) atoms. The molecular weight excluding hydrogens is 318 g/mol. The lowest BCUT2D eigenvalue weighted by molar-refractivity contribution is -0.137. The fourth-order valence-corrected chi connectivity index (χ4v) is 2.36. The summed E-state index contributed by atoms with van der Waals surface area (Å²) in [4.78, 5) is 25.1. The molecule has 0 radical (unpaired) electrons. The smallest absolute Gasteiger partial charge is 0.323 e. The number of aromatic nitrogens is 2. The van der Waals surface area contributed by atoms with Gasteiger partial charge in [0.05, 0.1) is 5.69 Å². The summed E-state index contributed by atoms with van der Waals surface area (Å²) in [5.41, 5.74) is 1.97. The minimum Gasteiger partial charge on any atom is -0.480 e. The second kappa shape index (κ2) is 7.28. The Hall–Kier alpha value is -2.34. The van der Waals surface area contributed by atoms with Crippen LogP contribution in [0.25, 0.3) is 0 Å². The van der Waals surface area contributed by atoms with Crippen LogP contribution in [0.2, 0.25) is 5.02 Å². The predicted octanol–water partition coefficient (Wildman–Crippen LogP) is 2.36. The maximum absolute atomic E-state index is 12.7. The van der Waals surface area contributed by atoms with E-state index in [1.54, 1.807) is 37.4 Å². The molecule has 122 valence electrons. The van der Waals surface area contributed by atoms with Gasteiger partial charge in [-0.05, 0) is 30.2 Å². The molecule has 0 aliphatic carbocycles. The van der Waals surface area contributed by atoms with Crippen molar-refractivity contribution < 1.29 is 14.7 Å². The highest BCUT2D eigenvalue weighted by atomic mass is 35.5. The highest BCUT2D eigenvalue weighted by molar-refractivity contribution is 6.30. The average Bonchev–Trinajstić information content (AvgIpc) is 2.89. The molecule has 1 aromatic heterocycles. The molecule has 0 saturated carbocycles. The Kier molecular flexibility index (Phi) is 5.39. The van der Waals surface area contributed by atoms with Gasteiger partial charge in [-0.1, -0.05) is 30.7 Å². The van der Waals surface area contributed by atoms with Crippen molar-refractivity contribution in [2.24, 2.45) is 7.05 Å². The Bertz CT molecular complexity index is 710. The van der Waals surface area contributed by atoms with Gasteiger partial charge < -0.3 is 10.0 Å². The number of aryl methyl sites for hydroxylation is 2. The van der Waals surface area contributed by atoms with Crippen molar-refractivity contribution in [3.05, 3.63) is 52.3 Å². The van der Waals surface area contributed by atoms with E-state index in [0.29, 0.717) is 17.1 Å². The third-order valence-electron chi connectivity index (χ3n) is 3.41. The van der Waals surface area contributed by atoms with E-state index in [-0.39, 0.29) is 19.0 Å². The maximum Gasteiger partial charge on any atom is 0.323 e. The molecule has 0 bridgehead atoms. The summed E-state index contributed by atoms with van der Waals surface area (Å²) in [5.74, 6) is -1.43. The molecule has 2 rings (SSSR count). The molecule has 0 saturated heterocycles. The third kappa shape index (κ3) is 4.32.